The van der Waals surface area contributed by atoms with Crippen LogP contribution >= 0.6 is 0 Å². The van der Waals surface area contributed by atoms with E-state index in [9.17, 15) is 9.59 Å². The molecule has 2 aromatic rings. The van der Waals surface area contributed by atoms with Crippen LogP contribution < -0.4 is 10.6 Å². The molecule has 4 heteroatoms. The third-order valence-corrected chi connectivity index (χ3v) is 2.28. The Labute approximate surface area is 92.3 Å². The molecule has 0 heterocycles. The van der Waals surface area contributed by atoms with Gasteiger partial charge >= 0.3 is 12.8 Å². The normalized spacial score (nSPS) is 9.75. The maximum Gasteiger partial charge on any atom is 0.314 e. The third-order valence-electron chi connectivity index (χ3n) is 2.28. The molecule has 2 rings (SSSR count). The molecule has 0 saturated heterocycles. The number of fused-ring (bicyclic) bond motifs is 1. The van der Waals surface area contributed by atoms with Crippen molar-refractivity contribution >= 4 is 35.0 Å². The highest BCUT2D eigenvalue weighted by atomic mass is 16.1. The molecule has 0 bridgehead atoms. The fraction of sp³-hybridized carbons (Fsp3) is 0. The molecule has 78 valence electrons. The first kappa shape index (κ1) is 10.2. The fourth-order valence-electron chi connectivity index (χ4n) is 1.66. The molecule has 2 N–H and O–H groups in total. The second-order valence-electron chi connectivity index (χ2n) is 3.16. The second-order valence-corrected chi connectivity index (χ2v) is 3.16. The molecule has 0 atom stereocenters. The van der Waals surface area contributed by atoms with E-state index in [0.29, 0.717) is 11.4 Å². The van der Waals surface area contributed by atoms with Gasteiger partial charge in [0, 0.05) is 5.39 Å². The monoisotopic (exact) mass is 212 g/mol. The summed E-state index contributed by atoms with van der Waals surface area (Å²) in [5.41, 5.74) is 1.21. The highest BCUT2D eigenvalue weighted by Crippen LogP contribution is 2.29. The number of amides is 2. The van der Waals surface area contributed by atoms with Crippen LogP contribution in [-0.4, -0.2) is 12.8 Å². The Hall–Kier alpha value is -2.36. The smallest absolute Gasteiger partial charge is 0.314 e. The van der Waals surface area contributed by atoms with E-state index < -0.39 is 0 Å². The van der Waals surface area contributed by atoms with Gasteiger partial charge < -0.3 is 10.6 Å². The standard InChI is InChI=1S/C12H8N2O2/c15-7-13-10-5-1-3-9-4-2-6-11(12(9)10)14-8-16/h1-6H,(H,13,15)(H,14,16). The van der Waals surface area contributed by atoms with E-state index in [0.717, 1.165) is 10.8 Å². The molecule has 2 radical (unpaired) electrons. The average Bonchev–Trinajstić information content (AvgIpc) is 2.30. The van der Waals surface area contributed by atoms with E-state index in [4.69, 9.17) is 0 Å². The minimum atomic E-state index is 0.603. The van der Waals surface area contributed by atoms with Gasteiger partial charge in [0.05, 0.1) is 11.4 Å². The van der Waals surface area contributed by atoms with Crippen molar-refractivity contribution in [2.24, 2.45) is 0 Å². The van der Waals surface area contributed by atoms with Crippen molar-refractivity contribution in [2.45, 2.75) is 0 Å². The van der Waals surface area contributed by atoms with Crippen LogP contribution in [0.1, 0.15) is 0 Å². The van der Waals surface area contributed by atoms with Gasteiger partial charge in [-0.25, -0.2) is 0 Å². The maximum absolute atomic E-state index is 10.4. The van der Waals surface area contributed by atoms with Crippen molar-refractivity contribution in [1.82, 2.24) is 0 Å². The molecule has 4 nitrogen and oxygen atoms in total. The third kappa shape index (κ3) is 1.72. The van der Waals surface area contributed by atoms with Crippen molar-refractivity contribution < 1.29 is 9.59 Å². The maximum atomic E-state index is 10.4. The van der Waals surface area contributed by atoms with Gasteiger partial charge in [-0.2, -0.15) is 0 Å². The van der Waals surface area contributed by atoms with E-state index in [1.54, 1.807) is 25.0 Å². The predicted molar refractivity (Wildman–Crippen MR) is 62.6 cm³/mol. The van der Waals surface area contributed by atoms with E-state index >= 15 is 0 Å². The van der Waals surface area contributed by atoms with Gasteiger partial charge in [0.15, 0.2) is 0 Å². The van der Waals surface area contributed by atoms with Gasteiger partial charge in [-0.15, -0.1) is 0 Å². The lowest BCUT2D eigenvalue weighted by Gasteiger charge is -2.08. The summed E-state index contributed by atoms with van der Waals surface area (Å²) in [6.45, 7) is 0. The highest BCUT2D eigenvalue weighted by Gasteiger charge is 2.05. The molecular weight excluding hydrogens is 204 g/mol. The molecule has 0 aromatic heterocycles. The van der Waals surface area contributed by atoms with E-state index in [1.165, 1.54) is 0 Å². The number of carbonyl (C=O) groups excluding carboxylic acids is 2. The number of anilines is 2. The SMILES string of the molecule is O=[C]Nc1cccc2cccc(N[C]=O)c12. The Balaban J connectivity index is 2.70. The van der Waals surface area contributed by atoms with Gasteiger partial charge in [0.2, 0.25) is 0 Å². The Morgan fingerprint density at radius 3 is 1.75 bits per heavy atom. The quantitative estimate of drug-likeness (QED) is 0.759. The van der Waals surface area contributed by atoms with Gasteiger partial charge in [0.1, 0.15) is 0 Å². The first-order chi connectivity index (χ1) is 7.86. The fourth-order valence-corrected chi connectivity index (χ4v) is 1.66. The molecule has 0 aliphatic rings. The first-order valence-corrected chi connectivity index (χ1v) is 4.65. The first-order valence-electron chi connectivity index (χ1n) is 4.65. The van der Waals surface area contributed by atoms with E-state index in [-0.39, 0.29) is 0 Å². The molecule has 0 saturated carbocycles. The largest absolute Gasteiger partial charge is 0.317 e. The number of nitrogens with one attached hydrogen (secondary N) is 2. The minimum absolute atomic E-state index is 0.603. The lowest BCUT2D eigenvalue weighted by atomic mass is 10.1. The van der Waals surface area contributed by atoms with E-state index in [1.807, 2.05) is 24.3 Å². The number of rotatable bonds is 4. The summed E-state index contributed by atoms with van der Waals surface area (Å²) in [5.74, 6) is 0. The van der Waals surface area contributed by atoms with Crippen molar-refractivity contribution in [3.05, 3.63) is 36.4 Å². The van der Waals surface area contributed by atoms with Crippen molar-refractivity contribution in [2.75, 3.05) is 10.6 Å². The summed E-state index contributed by atoms with van der Waals surface area (Å²) in [6, 6.07) is 10.9. The summed E-state index contributed by atoms with van der Waals surface area (Å²) in [5, 5.41) is 6.63. The molecule has 16 heavy (non-hydrogen) atoms. The van der Waals surface area contributed by atoms with Crippen LogP contribution in [0.3, 0.4) is 0 Å². The summed E-state index contributed by atoms with van der Waals surface area (Å²) >= 11 is 0. The van der Waals surface area contributed by atoms with Crippen LogP contribution in [-0.2, 0) is 9.59 Å². The van der Waals surface area contributed by atoms with Gasteiger partial charge in [0.25, 0.3) is 0 Å². The number of benzene rings is 2. The van der Waals surface area contributed by atoms with Crippen LogP contribution in [0.15, 0.2) is 36.4 Å². The highest BCUT2D eigenvalue weighted by molar-refractivity contribution is 6.07. The molecular formula is C12H8N2O2. The molecule has 2 amide bonds. The van der Waals surface area contributed by atoms with Crippen molar-refractivity contribution in [1.29, 1.82) is 0 Å². The van der Waals surface area contributed by atoms with Crippen LogP contribution in [0.2, 0.25) is 0 Å². The molecule has 0 spiro atoms. The summed E-state index contributed by atoms with van der Waals surface area (Å²) in [7, 11) is 0. The molecule has 2 aromatic carbocycles. The van der Waals surface area contributed by atoms with Crippen LogP contribution in [0.25, 0.3) is 10.8 Å². The second kappa shape index (κ2) is 4.44. The zero-order chi connectivity index (χ0) is 11.4. The number of hydrogen-bond acceptors (Lipinski definition) is 2. The molecule has 0 aliphatic heterocycles. The van der Waals surface area contributed by atoms with Crippen molar-refractivity contribution in [3.8, 4) is 0 Å². The summed E-state index contributed by atoms with van der Waals surface area (Å²) in [4.78, 5) is 20.7. The number of hydrogen-bond donors (Lipinski definition) is 2. The van der Waals surface area contributed by atoms with Crippen molar-refractivity contribution in [3.63, 3.8) is 0 Å². The summed E-state index contributed by atoms with van der Waals surface area (Å²) < 4.78 is 0. The van der Waals surface area contributed by atoms with Gasteiger partial charge in [-0.3, -0.25) is 9.59 Å². The Kier molecular flexibility index (Phi) is 2.82. The zero-order valence-electron chi connectivity index (χ0n) is 8.28. The van der Waals surface area contributed by atoms with Crippen LogP contribution in [0.5, 0.6) is 0 Å². The Bertz CT molecular complexity index is 493. The van der Waals surface area contributed by atoms with Crippen LogP contribution in [0.4, 0.5) is 11.4 Å². The topological polar surface area (TPSA) is 58.2 Å². The molecule has 0 aliphatic carbocycles. The Morgan fingerprint density at radius 2 is 1.31 bits per heavy atom. The lowest BCUT2D eigenvalue weighted by Crippen LogP contribution is -1.99. The lowest BCUT2D eigenvalue weighted by molar-refractivity contribution is 0.560. The zero-order valence-corrected chi connectivity index (χ0v) is 8.28. The minimum Gasteiger partial charge on any atom is -0.317 e. The van der Waals surface area contributed by atoms with Gasteiger partial charge in [-0.05, 0) is 17.5 Å². The Morgan fingerprint density at radius 1 is 0.812 bits per heavy atom. The van der Waals surface area contributed by atoms with Gasteiger partial charge in [-0.1, -0.05) is 24.3 Å². The summed E-state index contributed by atoms with van der Waals surface area (Å²) in [6.07, 6.45) is 3.24. The molecule has 0 unspecified atom stereocenters. The molecule has 0 fully saturated rings. The predicted octanol–water partition coefficient (Wildman–Crippen LogP) is 1.80. The van der Waals surface area contributed by atoms with E-state index in [2.05, 4.69) is 10.6 Å². The van der Waals surface area contributed by atoms with Crippen LogP contribution in [0, 0.1) is 0 Å². The average molecular weight is 212 g/mol.